The first kappa shape index (κ1) is 10.2. The fraction of sp³-hybridized carbons (Fsp3) is 1.00. The number of hydrogen-bond acceptors (Lipinski definition) is 0. The molecule has 0 rings (SSSR count). The first-order valence-corrected chi connectivity index (χ1v) is 4.15. The van der Waals surface area contributed by atoms with Crippen LogP contribution in [0.5, 0.6) is 0 Å². The van der Waals surface area contributed by atoms with Crippen molar-refractivity contribution in [2.24, 2.45) is 0 Å². The fourth-order valence-corrected chi connectivity index (χ4v) is 0.367. The molecule has 56 valence electrons. The third-order valence-corrected chi connectivity index (χ3v) is 3.70. The van der Waals surface area contributed by atoms with E-state index >= 15 is 0 Å². The molecule has 0 bridgehead atoms. The van der Waals surface area contributed by atoms with E-state index in [4.69, 9.17) is 0 Å². The van der Waals surface area contributed by atoms with Gasteiger partial charge < -0.3 is 0 Å². The molecule has 0 fully saturated rings. The van der Waals surface area contributed by atoms with Crippen molar-refractivity contribution < 1.29 is 17.6 Å². The van der Waals surface area contributed by atoms with Gasteiger partial charge in [-0.05, 0) is 45.2 Å². The highest BCUT2D eigenvalue weighted by Crippen LogP contribution is 2.37. The summed E-state index contributed by atoms with van der Waals surface area (Å²) in [4.78, 5) is 0. The smallest absolute Gasteiger partial charge is 0.231 e. The van der Waals surface area contributed by atoms with Crippen LogP contribution >= 0.6 is 45.2 Å². The van der Waals surface area contributed by atoms with E-state index in [0.717, 1.165) is 45.2 Å². The van der Waals surface area contributed by atoms with E-state index in [-0.39, 0.29) is 0 Å². The highest BCUT2D eigenvalue weighted by atomic mass is 127. The zero-order valence-corrected chi connectivity index (χ0v) is 8.24. The first-order chi connectivity index (χ1) is 3.89. The van der Waals surface area contributed by atoms with Gasteiger partial charge in [0.25, 0.3) is 10.1 Å². The Labute approximate surface area is 76.7 Å². The van der Waals surface area contributed by atoms with Gasteiger partial charge in [-0.15, -0.1) is 0 Å². The lowest BCUT2D eigenvalue weighted by molar-refractivity contribution is 0.0199. The van der Waals surface area contributed by atoms with Crippen LogP contribution in [-0.4, -0.2) is 14.3 Å². The van der Waals surface area contributed by atoms with Gasteiger partial charge in [-0.3, -0.25) is 0 Å². The van der Waals surface area contributed by atoms with Crippen LogP contribution in [-0.2, 0) is 0 Å². The molecule has 0 aromatic heterocycles. The van der Waals surface area contributed by atoms with Gasteiger partial charge in [0.05, 0.1) is 0 Å². The van der Waals surface area contributed by atoms with E-state index in [1.807, 2.05) is 0 Å². The SMILES string of the molecule is FC(F)C(F)(I)C(F)I. The summed E-state index contributed by atoms with van der Waals surface area (Å²) in [6, 6.07) is 0. The Morgan fingerprint density at radius 2 is 1.56 bits per heavy atom. The molecule has 0 aromatic rings. The van der Waals surface area contributed by atoms with E-state index in [2.05, 4.69) is 0 Å². The van der Waals surface area contributed by atoms with Crippen LogP contribution < -0.4 is 0 Å². The van der Waals surface area contributed by atoms with Crippen molar-refractivity contribution in [2.45, 2.75) is 14.3 Å². The standard InChI is InChI=1S/C3H2F4I2/c4-1(5)3(7,9)2(6)8/h1-2H. The number of halogens is 6. The van der Waals surface area contributed by atoms with E-state index in [0.29, 0.717) is 0 Å². The zero-order valence-electron chi connectivity index (χ0n) is 3.92. The van der Waals surface area contributed by atoms with E-state index in [1.165, 1.54) is 0 Å². The van der Waals surface area contributed by atoms with Crippen LogP contribution in [0, 0.1) is 0 Å². The van der Waals surface area contributed by atoms with Crippen LogP contribution in [0.4, 0.5) is 17.6 Å². The van der Waals surface area contributed by atoms with Crippen molar-refractivity contribution in [3.63, 3.8) is 0 Å². The predicted molar refractivity (Wildman–Crippen MR) is 42.8 cm³/mol. The minimum Gasteiger partial charge on any atom is -0.231 e. The quantitative estimate of drug-likeness (QED) is 0.400. The molecule has 0 aromatic carbocycles. The van der Waals surface area contributed by atoms with Crippen LogP contribution in [0.1, 0.15) is 0 Å². The normalized spacial score (nSPS) is 21.7. The third kappa shape index (κ3) is 2.72. The Morgan fingerprint density at radius 1 is 1.22 bits per heavy atom. The van der Waals surface area contributed by atoms with Gasteiger partial charge in [0.15, 0.2) is 4.18 Å². The zero-order chi connectivity index (χ0) is 7.65. The minimum absolute atomic E-state index is 0.756. The molecule has 0 aliphatic heterocycles. The lowest BCUT2D eigenvalue weighted by Gasteiger charge is -2.16. The van der Waals surface area contributed by atoms with Gasteiger partial charge in [0.2, 0.25) is 0 Å². The first-order valence-electron chi connectivity index (χ1n) is 1.83. The maximum Gasteiger partial charge on any atom is 0.284 e. The van der Waals surface area contributed by atoms with Gasteiger partial charge in [0, 0.05) is 0 Å². The largest absolute Gasteiger partial charge is 0.284 e. The Hall–Kier alpha value is 1.18. The maximum atomic E-state index is 12.2. The molecular formula is C3H2F4I2. The second-order valence-electron chi connectivity index (χ2n) is 1.28. The molecule has 6 heteroatoms. The van der Waals surface area contributed by atoms with Gasteiger partial charge >= 0.3 is 0 Å². The average Bonchev–Trinajstić information content (AvgIpc) is 1.65. The summed E-state index contributed by atoms with van der Waals surface area (Å²) in [6.07, 6.45) is -3.27. The van der Waals surface area contributed by atoms with Gasteiger partial charge in [-0.2, -0.15) is 0 Å². The molecule has 0 N–H and O–H groups in total. The molecule has 0 saturated heterocycles. The number of rotatable bonds is 2. The summed E-state index contributed by atoms with van der Waals surface area (Å²) < 4.78 is 41.7. The number of hydrogen-bond donors (Lipinski definition) is 0. The van der Waals surface area contributed by atoms with Crippen molar-refractivity contribution in [3.05, 3.63) is 0 Å². The average molecular weight is 368 g/mol. The highest BCUT2D eigenvalue weighted by Gasteiger charge is 2.44. The molecule has 0 saturated carbocycles. The fourth-order valence-electron chi connectivity index (χ4n) is 0.0952. The Balaban J connectivity index is 4.01. The summed E-state index contributed by atoms with van der Waals surface area (Å²) in [6.45, 7) is 0. The Kier molecular flexibility index (Phi) is 4.00. The minimum atomic E-state index is -3.27. The second kappa shape index (κ2) is 3.54. The molecular weight excluding hydrogens is 366 g/mol. The predicted octanol–water partition coefficient (Wildman–Crippen LogP) is 3.08. The molecule has 0 heterocycles. The van der Waals surface area contributed by atoms with Gasteiger partial charge in [0.1, 0.15) is 0 Å². The van der Waals surface area contributed by atoms with Crippen molar-refractivity contribution in [1.82, 2.24) is 0 Å². The summed E-state index contributed by atoms with van der Waals surface area (Å²) in [5.74, 6) is 0. The van der Waals surface area contributed by atoms with Crippen LogP contribution in [0.25, 0.3) is 0 Å². The third-order valence-electron chi connectivity index (χ3n) is 0.582. The molecule has 0 nitrogen and oxygen atoms in total. The maximum absolute atomic E-state index is 12.2. The molecule has 0 aliphatic rings. The van der Waals surface area contributed by atoms with E-state index < -0.39 is 14.3 Å². The van der Waals surface area contributed by atoms with Crippen LogP contribution in [0.2, 0.25) is 0 Å². The lowest BCUT2D eigenvalue weighted by Crippen LogP contribution is -2.31. The summed E-state index contributed by atoms with van der Waals surface area (Å²) in [5.41, 5.74) is 0. The Morgan fingerprint density at radius 3 is 1.56 bits per heavy atom. The molecule has 0 spiro atoms. The lowest BCUT2D eigenvalue weighted by atomic mass is 10.4. The number of alkyl halides is 6. The molecule has 0 aliphatic carbocycles. The molecule has 0 radical (unpaired) electrons. The molecule has 0 amide bonds. The molecule has 9 heavy (non-hydrogen) atoms. The van der Waals surface area contributed by atoms with Crippen molar-refractivity contribution >= 4 is 45.2 Å². The van der Waals surface area contributed by atoms with Crippen molar-refractivity contribution in [3.8, 4) is 0 Å². The Bertz CT molecular complexity index is 81.8. The topological polar surface area (TPSA) is 0 Å². The summed E-state index contributed by atoms with van der Waals surface area (Å²) >= 11 is 1.73. The van der Waals surface area contributed by atoms with Gasteiger partial charge in [-0.25, -0.2) is 17.6 Å². The van der Waals surface area contributed by atoms with Crippen molar-refractivity contribution in [1.29, 1.82) is 0 Å². The van der Waals surface area contributed by atoms with E-state index in [1.54, 1.807) is 0 Å². The van der Waals surface area contributed by atoms with Crippen LogP contribution in [0.3, 0.4) is 0 Å². The summed E-state index contributed by atoms with van der Waals surface area (Å²) in [5, 5.41) is 0. The van der Waals surface area contributed by atoms with Gasteiger partial charge in [-0.1, -0.05) is 0 Å². The second-order valence-corrected chi connectivity index (χ2v) is 4.02. The van der Waals surface area contributed by atoms with Crippen LogP contribution in [0.15, 0.2) is 0 Å². The monoisotopic (exact) mass is 368 g/mol. The molecule has 2 atom stereocenters. The van der Waals surface area contributed by atoms with E-state index in [9.17, 15) is 17.6 Å². The highest BCUT2D eigenvalue weighted by molar-refractivity contribution is 14.1. The van der Waals surface area contributed by atoms with Crippen molar-refractivity contribution in [2.75, 3.05) is 0 Å². The summed E-state index contributed by atoms with van der Waals surface area (Å²) in [7, 11) is 0. The molecule has 2 unspecified atom stereocenters.